The second-order valence-electron chi connectivity index (χ2n) is 2.66. The van der Waals surface area contributed by atoms with Crippen LogP contribution >= 0.6 is 11.9 Å². The monoisotopic (exact) mass is 198 g/mol. The maximum atomic E-state index is 10.4. The van der Waals surface area contributed by atoms with Gasteiger partial charge in [0.05, 0.1) is 4.92 Å². The van der Waals surface area contributed by atoms with Crippen LogP contribution in [-0.4, -0.2) is 23.3 Å². The quantitative estimate of drug-likeness (QED) is 0.424. The lowest BCUT2D eigenvalue weighted by Crippen LogP contribution is -1.98. The maximum absolute atomic E-state index is 10.4. The van der Waals surface area contributed by atoms with Crippen LogP contribution in [0.2, 0.25) is 0 Å². The molecule has 4 nitrogen and oxygen atoms in total. The number of nitro groups is 1. The Morgan fingerprint density at radius 2 is 2.15 bits per heavy atom. The molecule has 0 radical (unpaired) electrons. The van der Waals surface area contributed by atoms with Crippen LogP contribution in [0.3, 0.4) is 0 Å². The van der Waals surface area contributed by atoms with Crippen molar-refractivity contribution in [2.75, 3.05) is 14.1 Å². The summed E-state index contributed by atoms with van der Waals surface area (Å²) in [6.45, 7) is 0. The second-order valence-corrected chi connectivity index (χ2v) is 4.04. The topological polar surface area (TPSA) is 46.4 Å². The molecular weight excluding hydrogens is 188 g/mol. The Bertz CT molecular complexity index is 315. The third-order valence-electron chi connectivity index (χ3n) is 1.32. The smallest absolute Gasteiger partial charge is 0.258 e. The van der Waals surface area contributed by atoms with Gasteiger partial charge < -0.3 is 0 Å². The summed E-state index contributed by atoms with van der Waals surface area (Å²) in [5, 5.41) is 10.4. The standard InChI is InChI=1S/C8H10N2O2S/c1-9(2)13-8-5-3-4-7(6-8)10(11)12/h3-6H,1-2H3. The Morgan fingerprint density at radius 3 is 2.69 bits per heavy atom. The molecule has 0 aromatic heterocycles. The van der Waals surface area contributed by atoms with Gasteiger partial charge in [0.25, 0.3) is 5.69 Å². The first kappa shape index (κ1) is 10.0. The molecule has 0 fully saturated rings. The van der Waals surface area contributed by atoms with E-state index >= 15 is 0 Å². The van der Waals surface area contributed by atoms with Crippen LogP contribution in [0, 0.1) is 10.1 Å². The summed E-state index contributed by atoms with van der Waals surface area (Å²) in [4.78, 5) is 10.9. The van der Waals surface area contributed by atoms with E-state index in [1.165, 1.54) is 18.0 Å². The molecule has 0 aliphatic rings. The number of nitro benzene ring substituents is 1. The molecule has 1 aromatic carbocycles. The van der Waals surface area contributed by atoms with E-state index < -0.39 is 0 Å². The molecule has 0 heterocycles. The summed E-state index contributed by atoms with van der Waals surface area (Å²) in [5.41, 5.74) is 0.131. The summed E-state index contributed by atoms with van der Waals surface area (Å²) >= 11 is 1.46. The minimum atomic E-state index is -0.389. The molecule has 0 saturated carbocycles. The molecule has 70 valence electrons. The van der Waals surface area contributed by atoms with Crippen LogP contribution in [0.15, 0.2) is 29.2 Å². The van der Waals surface area contributed by atoms with Gasteiger partial charge >= 0.3 is 0 Å². The van der Waals surface area contributed by atoms with Crippen LogP contribution in [0.5, 0.6) is 0 Å². The van der Waals surface area contributed by atoms with Gasteiger partial charge in [-0.1, -0.05) is 6.07 Å². The van der Waals surface area contributed by atoms with Gasteiger partial charge in [0.15, 0.2) is 0 Å². The molecular formula is C8H10N2O2S. The van der Waals surface area contributed by atoms with Gasteiger partial charge in [-0.15, -0.1) is 0 Å². The van der Waals surface area contributed by atoms with Crippen LogP contribution in [0.4, 0.5) is 5.69 Å². The lowest BCUT2D eigenvalue weighted by molar-refractivity contribution is -0.385. The summed E-state index contributed by atoms with van der Waals surface area (Å²) in [5.74, 6) is 0. The highest BCUT2D eigenvalue weighted by Crippen LogP contribution is 2.23. The van der Waals surface area contributed by atoms with Crippen LogP contribution in [0.1, 0.15) is 0 Å². The fourth-order valence-corrected chi connectivity index (χ4v) is 1.60. The van der Waals surface area contributed by atoms with Gasteiger partial charge in [-0.25, -0.2) is 0 Å². The number of nitrogens with zero attached hydrogens (tertiary/aromatic N) is 2. The van der Waals surface area contributed by atoms with E-state index in [0.29, 0.717) is 0 Å². The summed E-state index contributed by atoms with van der Waals surface area (Å²) in [6.07, 6.45) is 0. The normalized spacial score (nSPS) is 10.4. The lowest BCUT2D eigenvalue weighted by Gasteiger charge is -2.07. The molecule has 0 unspecified atom stereocenters. The molecule has 0 bridgehead atoms. The van der Waals surface area contributed by atoms with E-state index in [1.54, 1.807) is 12.1 Å². The van der Waals surface area contributed by atoms with E-state index in [0.717, 1.165) is 4.90 Å². The summed E-state index contributed by atoms with van der Waals surface area (Å²) in [7, 11) is 3.78. The molecule has 0 spiro atoms. The third-order valence-corrected chi connectivity index (χ3v) is 2.15. The van der Waals surface area contributed by atoms with Crippen molar-refractivity contribution in [3.63, 3.8) is 0 Å². The van der Waals surface area contributed by atoms with Crippen molar-refractivity contribution in [1.29, 1.82) is 0 Å². The summed E-state index contributed by atoms with van der Waals surface area (Å²) < 4.78 is 1.89. The van der Waals surface area contributed by atoms with E-state index in [9.17, 15) is 10.1 Å². The van der Waals surface area contributed by atoms with Crippen molar-refractivity contribution >= 4 is 17.6 Å². The predicted octanol–water partition coefficient (Wildman–Crippen LogP) is 2.16. The van der Waals surface area contributed by atoms with E-state index in [2.05, 4.69) is 0 Å². The molecule has 5 heteroatoms. The number of non-ortho nitro benzene ring substituents is 1. The fourth-order valence-electron chi connectivity index (χ4n) is 0.865. The van der Waals surface area contributed by atoms with E-state index in [-0.39, 0.29) is 10.6 Å². The number of rotatable bonds is 3. The van der Waals surface area contributed by atoms with Crippen molar-refractivity contribution in [2.24, 2.45) is 0 Å². The Balaban J connectivity index is 2.85. The first-order chi connectivity index (χ1) is 6.09. The largest absolute Gasteiger partial charge is 0.270 e. The Labute approximate surface area is 80.8 Å². The van der Waals surface area contributed by atoms with Gasteiger partial charge in [-0.3, -0.25) is 14.4 Å². The van der Waals surface area contributed by atoms with Gasteiger partial charge in [0.1, 0.15) is 0 Å². The highest BCUT2D eigenvalue weighted by atomic mass is 32.2. The zero-order chi connectivity index (χ0) is 9.84. The van der Waals surface area contributed by atoms with Crippen LogP contribution in [-0.2, 0) is 0 Å². The van der Waals surface area contributed by atoms with Gasteiger partial charge in [-0.05, 0) is 32.1 Å². The van der Waals surface area contributed by atoms with E-state index in [4.69, 9.17) is 0 Å². The minimum Gasteiger partial charge on any atom is -0.258 e. The molecule has 1 aromatic rings. The van der Waals surface area contributed by atoms with E-state index in [1.807, 2.05) is 24.5 Å². The van der Waals surface area contributed by atoms with Crippen molar-refractivity contribution in [1.82, 2.24) is 4.31 Å². The molecule has 0 amide bonds. The molecule has 1 rings (SSSR count). The first-order valence-electron chi connectivity index (χ1n) is 3.69. The zero-order valence-corrected chi connectivity index (χ0v) is 8.25. The highest BCUT2D eigenvalue weighted by molar-refractivity contribution is 7.97. The van der Waals surface area contributed by atoms with Crippen LogP contribution < -0.4 is 0 Å². The molecule has 0 saturated heterocycles. The molecule has 0 atom stereocenters. The van der Waals surface area contributed by atoms with Crippen molar-refractivity contribution < 1.29 is 4.92 Å². The van der Waals surface area contributed by atoms with Crippen molar-refractivity contribution in [3.8, 4) is 0 Å². The molecule has 0 aliphatic heterocycles. The van der Waals surface area contributed by atoms with Gasteiger partial charge in [-0.2, -0.15) is 0 Å². The Kier molecular flexibility index (Phi) is 3.27. The zero-order valence-electron chi connectivity index (χ0n) is 7.43. The molecule has 13 heavy (non-hydrogen) atoms. The Morgan fingerprint density at radius 1 is 1.46 bits per heavy atom. The highest BCUT2D eigenvalue weighted by Gasteiger charge is 2.05. The fraction of sp³-hybridized carbons (Fsp3) is 0.250. The predicted molar refractivity (Wildman–Crippen MR) is 52.6 cm³/mol. The van der Waals surface area contributed by atoms with Gasteiger partial charge in [0, 0.05) is 17.0 Å². The molecule has 0 aliphatic carbocycles. The maximum Gasteiger partial charge on any atom is 0.270 e. The lowest BCUT2D eigenvalue weighted by atomic mass is 10.3. The number of benzene rings is 1. The van der Waals surface area contributed by atoms with Crippen LogP contribution in [0.25, 0.3) is 0 Å². The number of hydrogen-bond acceptors (Lipinski definition) is 4. The second kappa shape index (κ2) is 4.25. The van der Waals surface area contributed by atoms with Crippen molar-refractivity contribution in [2.45, 2.75) is 4.90 Å². The Hall–Kier alpha value is -1.07. The minimum absolute atomic E-state index is 0.131. The SMILES string of the molecule is CN(C)Sc1cccc([N+](=O)[O-])c1. The first-order valence-corrected chi connectivity index (χ1v) is 4.46. The van der Waals surface area contributed by atoms with Crippen molar-refractivity contribution in [3.05, 3.63) is 34.4 Å². The average Bonchev–Trinajstić information content (AvgIpc) is 2.03. The number of hydrogen-bond donors (Lipinski definition) is 0. The molecule has 0 N–H and O–H groups in total. The average molecular weight is 198 g/mol. The van der Waals surface area contributed by atoms with Gasteiger partial charge in [0.2, 0.25) is 0 Å². The summed E-state index contributed by atoms with van der Waals surface area (Å²) in [6, 6.07) is 6.58. The third kappa shape index (κ3) is 3.04.